The van der Waals surface area contributed by atoms with Crippen molar-refractivity contribution in [1.82, 2.24) is 57.5 Å². The van der Waals surface area contributed by atoms with E-state index in [1.807, 2.05) is 140 Å². The minimum atomic E-state index is 0.240. The Kier molecular flexibility index (Phi) is 10.6. The highest BCUT2D eigenvalue weighted by Gasteiger charge is 2.20. The lowest BCUT2D eigenvalue weighted by Crippen LogP contribution is -1.95. The number of hydrogen-bond acceptors (Lipinski definition) is 10. The van der Waals surface area contributed by atoms with E-state index in [-0.39, 0.29) is 5.75 Å². The van der Waals surface area contributed by atoms with E-state index in [0.717, 1.165) is 165 Å². The van der Waals surface area contributed by atoms with Gasteiger partial charge in [-0.2, -0.15) is 0 Å². The summed E-state index contributed by atoms with van der Waals surface area (Å²) in [5, 5.41) is 22.7. The molecule has 0 spiro atoms. The van der Waals surface area contributed by atoms with Crippen molar-refractivity contribution in [2.24, 2.45) is 0 Å². The van der Waals surface area contributed by atoms with Crippen molar-refractivity contribution in [2.75, 3.05) is 0 Å². The van der Waals surface area contributed by atoms with Gasteiger partial charge in [-0.25, -0.2) is 39.9 Å². The molecule has 12 heterocycles. The first-order chi connectivity index (χ1) is 43.0. The number of imidazole rings is 4. The number of nitrogens with zero attached hydrogens (tertiary/aromatic N) is 12. The fourth-order valence-corrected chi connectivity index (χ4v) is 13.2. The maximum Gasteiger partial charge on any atom is 0.147 e. The molecule has 87 heavy (non-hydrogen) atoms. The first-order valence-electron chi connectivity index (χ1n) is 28.3. The predicted octanol–water partition coefficient (Wildman–Crippen LogP) is 17.3. The average Bonchev–Trinajstić information content (AvgIpc) is 1.90. The molecule has 15 heteroatoms. The molecule has 0 saturated heterocycles. The average molecular weight is 1190 g/mol. The van der Waals surface area contributed by atoms with Crippen molar-refractivity contribution >= 4 is 170 Å². The van der Waals surface area contributed by atoms with Gasteiger partial charge in [0.25, 0.3) is 0 Å². The van der Waals surface area contributed by atoms with Crippen LogP contribution in [0.3, 0.4) is 0 Å². The van der Waals surface area contributed by atoms with Crippen LogP contribution < -0.4 is 4.74 Å². The zero-order valence-electron chi connectivity index (χ0n) is 45.7. The summed E-state index contributed by atoms with van der Waals surface area (Å²) < 4.78 is 16.1. The number of aromatic nitrogens is 12. The van der Waals surface area contributed by atoms with Crippen LogP contribution in [0.1, 0.15) is 0 Å². The van der Waals surface area contributed by atoms with Gasteiger partial charge in [-0.1, -0.05) is 70.5 Å². The number of halogens is 1. The van der Waals surface area contributed by atoms with E-state index in [9.17, 15) is 5.11 Å². The van der Waals surface area contributed by atoms with E-state index in [1.165, 1.54) is 5.39 Å². The van der Waals surface area contributed by atoms with Crippen molar-refractivity contribution in [2.45, 2.75) is 0 Å². The summed E-state index contributed by atoms with van der Waals surface area (Å²) in [5.41, 5.74) is 15.0. The summed E-state index contributed by atoms with van der Waals surface area (Å²) in [6, 6.07) is 72.9. The quantitative estimate of drug-likeness (QED) is 0.166. The van der Waals surface area contributed by atoms with E-state index < -0.39 is 0 Å². The number of benzene rings is 8. The van der Waals surface area contributed by atoms with E-state index in [4.69, 9.17) is 34.6 Å². The second-order valence-corrected chi connectivity index (χ2v) is 22.4. The number of phenolic OH excluding ortho intramolecular Hbond substituents is 1. The number of aromatic hydroxyl groups is 1. The van der Waals surface area contributed by atoms with Crippen molar-refractivity contribution < 1.29 is 9.84 Å². The van der Waals surface area contributed by atoms with Gasteiger partial charge in [0.2, 0.25) is 0 Å². The lowest BCUT2D eigenvalue weighted by atomic mass is 10.1. The van der Waals surface area contributed by atoms with Crippen LogP contribution in [0.5, 0.6) is 17.2 Å². The number of rotatable bonds is 2. The second kappa shape index (κ2) is 18.9. The smallest absolute Gasteiger partial charge is 0.147 e. The summed E-state index contributed by atoms with van der Waals surface area (Å²) in [5.74, 6) is 1.71. The first kappa shape index (κ1) is 48.8. The summed E-state index contributed by atoms with van der Waals surface area (Å²) in [4.78, 5) is 38.3. The van der Waals surface area contributed by atoms with E-state index in [1.54, 1.807) is 18.3 Å². The number of phenols is 1. The van der Waals surface area contributed by atoms with Gasteiger partial charge in [-0.05, 0) is 185 Å². The molecule has 0 fully saturated rings. The Labute approximate surface area is 499 Å². The summed E-state index contributed by atoms with van der Waals surface area (Å²) >= 11 is 3.57. The van der Waals surface area contributed by atoms with Crippen LogP contribution in [0, 0.1) is 0 Å². The number of fused-ring (bicyclic) bond motifs is 32. The zero-order chi connectivity index (χ0) is 57.4. The minimum absolute atomic E-state index is 0.240. The molecule has 0 unspecified atom stereocenters. The van der Waals surface area contributed by atoms with Crippen LogP contribution in [0.4, 0.5) is 0 Å². The third-order valence-electron chi connectivity index (χ3n) is 16.6. The molecule has 12 aromatic heterocycles. The molecule has 20 aromatic rings. The van der Waals surface area contributed by atoms with Gasteiger partial charge in [0.05, 0.1) is 44.1 Å². The molecule has 0 amide bonds. The van der Waals surface area contributed by atoms with Crippen LogP contribution in [0.25, 0.3) is 154 Å². The second-order valence-electron chi connectivity index (χ2n) is 21.5. The van der Waals surface area contributed by atoms with Crippen LogP contribution in [0.15, 0.2) is 248 Å². The van der Waals surface area contributed by atoms with Gasteiger partial charge >= 0.3 is 0 Å². The van der Waals surface area contributed by atoms with E-state index >= 15 is 0 Å². The Bertz CT molecular complexity index is 5930. The molecule has 0 aliphatic rings. The number of hydrogen-bond donors (Lipinski definition) is 1. The molecule has 1 N–H and O–H groups in total. The Morgan fingerprint density at radius 3 is 0.954 bits per heavy atom. The highest BCUT2D eigenvalue weighted by molar-refractivity contribution is 9.10. The van der Waals surface area contributed by atoms with Crippen LogP contribution >= 0.6 is 15.9 Å². The molecule has 408 valence electrons. The van der Waals surface area contributed by atoms with Crippen molar-refractivity contribution in [3.05, 3.63) is 248 Å². The summed E-state index contributed by atoms with van der Waals surface area (Å²) in [6.07, 6.45) is 7.29. The molecule has 0 atom stereocenters. The molecular weight excluding hydrogens is 1140 g/mol. The highest BCUT2D eigenvalue weighted by Crippen LogP contribution is 2.39. The minimum Gasteiger partial charge on any atom is -0.508 e. The van der Waals surface area contributed by atoms with Gasteiger partial charge in [0.15, 0.2) is 0 Å². The maximum absolute atomic E-state index is 9.88. The van der Waals surface area contributed by atoms with Gasteiger partial charge in [-0.15, -0.1) is 0 Å². The van der Waals surface area contributed by atoms with Crippen molar-refractivity contribution in [3.63, 3.8) is 0 Å². The van der Waals surface area contributed by atoms with E-state index in [2.05, 4.69) is 128 Å². The number of para-hydroxylation sites is 8. The monoisotopic (exact) mass is 1180 g/mol. The fraction of sp³-hybridized carbons (Fsp3) is 0. The Hall–Kier alpha value is -11.7. The Morgan fingerprint density at radius 2 is 0.586 bits per heavy atom. The normalized spacial score (nSPS) is 12.0. The standard InChI is InChI=1S/C36H20N6O.C18H10BrN3.C18H11N3O/c1-3-11-31-29(9-1)39-35-27-19-21(13-15-23(27)25-7-5-17-37-33(25)41(31)35)43-22-14-16-24-26-8-6-18-38-34(26)42-32-12-4-2-10-30(32)40-36(42)28(24)20-22;19-11-7-8-12-13-4-3-9-20-17(13)22-16-6-2-1-5-15(16)21-18(22)14(12)10-11;22-11-7-8-12-13-4-3-9-19-17(13)21-16-6-2-1-5-15(16)20-18(21)14(12)10-11/h1-20H;1-10H;1-10,22H. The van der Waals surface area contributed by atoms with Gasteiger partial charge in [0, 0.05) is 72.3 Å². The number of pyridine rings is 8. The Morgan fingerprint density at radius 1 is 0.276 bits per heavy atom. The van der Waals surface area contributed by atoms with Gasteiger partial charge < -0.3 is 9.84 Å². The zero-order valence-corrected chi connectivity index (χ0v) is 47.3. The third kappa shape index (κ3) is 7.46. The largest absolute Gasteiger partial charge is 0.508 e. The Balaban J connectivity index is 0.000000108. The molecule has 0 radical (unpaired) electrons. The molecule has 14 nitrogen and oxygen atoms in total. The highest BCUT2D eigenvalue weighted by atomic mass is 79.9. The van der Waals surface area contributed by atoms with Gasteiger partial charge in [-0.3, -0.25) is 17.6 Å². The lowest BCUT2D eigenvalue weighted by Gasteiger charge is -2.12. The maximum atomic E-state index is 9.88. The summed E-state index contributed by atoms with van der Waals surface area (Å²) in [7, 11) is 0. The first-order valence-corrected chi connectivity index (χ1v) is 29.1. The predicted molar refractivity (Wildman–Crippen MR) is 351 cm³/mol. The molecule has 20 rings (SSSR count). The van der Waals surface area contributed by atoms with E-state index in [0.29, 0.717) is 0 Å². The van der Waals surface area contributed by atoms with Crippen LogP contribution in [-0.2, 0) is 0 Å². The van der Waals surface area contributed by atoms with Crippen molar-refractivity contribution in [3.8, 4) is 17.2 Å². The fourth-order valence-electron chi connectivity index (χ4n) is 12.9. The molecular formula is C72H41BrN12O2. The number of ether oxygens (including phenoxy) is 1. The van der Waals surface area contributed by atoms with Crippen molar-refractivity contribution in [1.29, 1.82) is 0 Å². The SMILES string of the molecule is Brc1ccc2c3cccnc3n3c4ccccc4nc3c2c1.Oc1ccc2c3cccnc3n3c4ccccc4nc3c2c1.c1ccc2c(c1)nc1c3cc(Oc4ccc5c6cccnc6n6c7ccccc7nc6c5c4)ccc3c3cccnc3n21. The van der Waals surface area contributed by atoms with Crippen LogP contribution in [-0.4, -0.2) is 62.6 Å². The third-order valence-corrected chi connectivity index (χ3v) is 17.1. The molecule has 8 aromatic carbocycles. The molecule has 0 aliphatic heterocycles. The summed E-state index contributed by atoms with van der Waals surface area (Å²) in [6.45, 7) is 0. The van der Waals surface area contributed by atoms with Gasteiger partial charge in [0.1, 0.15) is 62.4 Å². The lowest BCUT2D eigenvalue weighted by molar-refractivity contribution is 0.476. The molecule has 0 saturated carbocycles. The molecule has 0 bridgehead atoms. The molecule has 0 aliphatic carbocycles. The topological polar surface area (TPSA) is 150 Å². The van der Waals surface area contributed by atoms with Crippen LogP contribution in [0.2, 0.25) is 0 Å².